The summed E-state index contributed by atoms with van der Waals surface area (Å²) in [6.07, 6.45) is -3.67. The molecule has 2 aromatic rings. The summed E-state index contributed by atoms with van der Waals surface area (Å²) in [5.74, 6) is 0.722. The Morgan fingerprint density at radius 1 is 1.21 bits per heavy atom. The lowest BCUT2D eigenvalue weighted by molar-refractivity contribution is -0.137. The lowest BCUT2D eigenvalue weighted by atomic mass is 10.1. The first-order chi connectivity index (χ1) is 11.4. The van der Waals surface area contributed by atoms with Crippen LogP contribution in [0.15, 0.2) is 47.1 Å². The fourth-order valence-corrected chi connectivity index (χ4v) is 2.05. The van der Waals surface area contributed by atoms with Crippen LogP contribution in [0.4, 0.5) is 18.0 Å². The number of aliphatic hydroxyl groups excluding tert-OH is 1. The third-order valence-corrected chi connectivity index (χ3v) is 3.29. The summed E-state index contributed by atoms with van der Waals surface area (Å²) in [5.41, 5.74) is -0.761. The minimum Gasteiger partial charge on any atom is -0.469 e. The number of hydrogen-bond acceptors (Lipinski definition) is 3. The standard InChI is InChI=1S/C16H17F3N2O3/c17-16(18,19)12-4-1-3-11(9-12)14(22)10-21-15(23)20-7-6-13-5-2-8-24-13/h1-5,8-9,14,22H,6-7,10H2,(H2,20,21,23)/t14-/m1/s1. The molecule has 0 radical (unpaired) electrons. The van der Waals surface area contributed by atoms with Gasteiger partial charge in [-0.1, -0.05) is 12.1 Å². The fourth-order valence-electron chi connectivity index (χ4n) is 2.05. The number of furan rings is 1. The summed E-state index contributed by atoms with van der Waals surface area (Å²) in [4.78, 5) is 11.6. The summed E-state index contributed by atoms with van der Waals surface area (Å²) in [6.45, 7) is 0.132. The van der Waals surface area contributed by atoms with E-state index in [0.717, 1.165) is 17.9 Å². The molecule has 3 N–H and O–H groups in total. The molecule has 0 spiro atoms. The summed E-state index contributed by atoms with van der Waals surface area (Å²) in [5, 5.41) is 14.9. The molecule has 0 aliphatic carbocycles. The van der Waals surface area contributed by atoms with Gasteiger partial charge in [-0.15, -0.1) is 0 Å². The minimum atomic E-state index is -4.48. The molecule has 2 rings (SSSR count). The molecule has 0 saturated carbocycles. The van der Waals surface area contributed by atoms with Gasteiger partial charge >= 0.3 is 12.2 Å². The van der Waals surface area contributed by atoms with Gasteiger partial charge in [-0.25, -0.2) is 4.79 Å². The maximum absolute atomic E-state index is 12.6. The SMILES string of the molecule is O=C(NCCc1ccco1)NC[C@@H](O)c1cccc(C(F)(F)F)c1. The van der Waals surface area contributed by atoms with E-state index in [9.17, 15) is 23.1 Å². The number of urea groups is 1. The van der Waals surface area contributed by atoms with Gasteiger partial charge in [-0.2, -0.15) is 13.2 Å². The molecular formula is C16H17F3N2O3. The zero-order chi connectivity index (χ0) is 17.6. The average molecular weight is 342 g/mol. The molecule has 1 aromatic heterocycles. The molecule has 0 bridgehead atoms. The first-order valence-corrected chi connectivity index (χ1v) is 7.25. The fraction of sp³-hybridized carbons (Fsp3) is 0.312. The highest BCUT2D eigenvalue weighted by Crippen LogP contribution is 2.30. The van der Waals surface area contributed by atoms with Crippen LogP contribution in [-0.4, -0.2) is 24.2 Å². The molecule has 1 aromatic carbocycles. The zero-order valence-electron chi connectivity index (χ0n) is 12.6. The number of benzene rings is 1. The molecule has 0 aliphatic heterocycles. The number of halogens is 3. The van der Waals surface area contributed by atoms with Gasteiger partial charge in [0.1, 0.15) is 5.76 Å². The number of aliphatic hydroxyl groups is 1. The second-order valence-electron chi connectivity index (χ2n) is 5.11. The maximum Gasteiger partial charge on any atom is 0.416 e. The second-order valence-corrected chi connectivity index (χ2v) is 5.11. The van der Waals surface area contributed by atoms with Gasteiger partial charge < -0.3 is 20.2 Å². The highest BCUT2D eigenvalue weighted by Gasteiger charge is 2.30. The number of carbonyl (C=O) groups excluding carboxylic acids is 1. The van der Waals surface area contributed by atoms with E-state index in [-0.39, 0.29) is 12.1 Å². The van der Waals surface area contributed by atoms with Crippen LogP contribution in [0.1, 0.15) is 23.0 Å². The number of rotatable bonds is 6. The first kappa shape index (κ1) is 17.9. The molecular weight excluding hydrogens is 325 g/mol. The van der Waals surface area contributed by atoms with Gasteiger partial charge in [0.05, 0.1) is 17.9 Å². The van der Waals surface area contributed by atoms with E-state index in [2.05, 4.69) is 10.6 Å². The van der Waals surface area contributed by atoms with E-state index in [1.165, 1.54) is 18.4 Å². The lowest BCUT2D eigenvalue weighted by Gasteiger charge is -2.15. The Morgan fingerprint density at radius 2 is 2.00 bits per heavy atom. The van der Waals surface area contributed by atoms with Crippen molar-refractivity contribution in [2.75, 3.05) is 13.1 Å². The summed E-state index contributed by atoms with van der Waals surface area (Å²) >= 11 is 0. The topological polar surface area (TPSA) is 74.5 Å². The van der Waals surface area contributed by atoms with E-state index in [1.807, 2.05) is 0 Å². The van der Waals surface area contributed by atoms with E-state index < -0.39 is 23.9 Å². The smallest absolute Gasteiger partial charge is 0.416 e. The quantitative estimate of drug-likeness (QED) is 0.756. The molecule has 0 fully saturated rings. The Labute approximate surface area is 136 Å². The maximum atomic E-state index is 12.6. The Morgan fingerprint density at radius 3 is 2.67 bits per heavy atom. The highest BCUT2D eigenvalue weighted by molar-refractivity contribution is 5.73. The van der Waals surface area contributed by atoms with Crippen LogP contribution in [0.3, 0.4) is 0 Å². The van der Waals surface area contributed by atoms with E-state index >= 15 is 0 Å². The van der Waals surface area contributed by atoms with E-state index in [4.69, 9.17) is 4.42 Å². The van der Waals surface area contributed by atoms with Gasteiger partial charge in [-0.05, 0) is 29.8 Å². The predicted molar refractivity (Wildman–Crippen MR) is 80.2 cm³/mol. The van der Waals surface area contributed by atoms with Gasteiger partial charge in [0.25, 0.3) is 0 Å². The van der Waals surface area contributed by atoms with Crippen molar-refractivity contribution in [1.82, 2.24) is 10.6 Å². The molecule has 130 valence electrons. The molecule has 8 heteroatoms. The molecule has 1 atom stereocenters. The number of carbonyl (C=O) groups is 1. The normalized spacial score (nSPS) is 12.7. The number of amides is 2. The van der Waals surface area contributed by atoms with Crippen LogP contribution < -0.4 is 10.6 Å². The molecule has 1 heterocycles. The van der Waals surface area contributed by atoms with Crippen LogP contribution in [0.5, 0.6) is 0 Å². The largest absolute Gasteiger partial charge is 0.469 e. The predicted octanol–water partition coefficient (Wildman–Crippen LogP) is 2.87. The third-order valence-electron chi connectivity index (χ3n) is 3.29. The van der Waals surface area contributed by atoms with Crippen molar-refractivity contribution >= 4 is 6.03 Å². The van der Waals surface area contributed by atoms with Crippen molar-refractivity contribution < 1.29 is 27.5 Å². The Bertz CT molecular complexity index is 657. The molecule has 24 heavy (non-hydrogen) atoms. The molecule has 0 unspecified atom stereocenters. The number of hydrogen-bond donors (Lipinski definition) is 3. The van der Waals surface area contributed by atoms with Crippen molar-refractivity contribution in [3.63, 3.8) is 0 Å². The van der Waals surface area contributed by atoms with Crippen molar-refractivity contribution in [3.05, 3.63) is 59.5 Å². The van der Waals surface area contributed by atoms with Gasteiger partial charge in [0.15, 0.2) is 0 Å². The van der Waals surface area contributed by atoms with Crippen LogP contribution >= 0.6 is 0 Å². The Hall–Kier alpha value is -2.48. The van der Waals surface area contributed by atoms with E-state index in [1.54, 1.807) is 12.1 Å². The van der Waals surface area contributed by atoms with Crippen LogP contribution in [0, 0.1) is 0 Å². The van der Waals surface area contributed by atoms with Crippen LogP contribution in [0.2, 0.25) is 0 Å². The average Bonchev–Trinajstić information content (AvgIpc) is 3.05. The van der Waals surface area contributed by atoms with Crippen molar-refractivity contribution in [1.29, 1.82) is 0 Å². The Balaban J connectivity index is 1.78. The van der Waals surface area contributed by atoms with Crippen LogP contribution in [-0.2, 0) is 12.6 Å². The Kier molecular flexibility index (Phi) is 5.86. The zero-order valence-corrected chi connectivity index (χ0v) is 12.6. The molecule has 2 amide bonds. The van der Waals surface area contributed by atoms with Gasteiger partial charge in [0, 0.05) is 19.5 Å². The molecule has 5 nitrogen and oxygen atoms in total. The van der Waals surface area contributed by atoms with Crippen molar-refractivity contribution in [3.8, 4) is 0 Å². The summed E-state index contributed by atoms with van der Waals surface area (Å²) < 4.78 is 43.0. The van der Waals surface area contributed by atoms with Gasteiger partial charge in [-0.3, -0.25) is 0 Å². The van der Waals surface area contributed by atoms with Crippen LogP contribution in [0.25, 0.3) is 0 Å². The van der Waals surface area contributed by atoms with Gasteiger partial charge in [0.2, 0.25) is 0 Å². The van der Waals surface area contributed by atoms with Crippen molar-refractivity contribution in [2.45, 2.75) is 18.7 Å². The second kappa shape index (κ2) is 7.87. The summed E-state index contributed by atoms with van der Waals surface area (Å²) in [6, 6.07) is 7.36. The highest BCUT2D eigenvalue weighted by atomic mass is 19.4. The number of alkyl halides is 3. The minimum absolute atomic E-state index is 0.0840. The van der Waals surface area contributed by atoms with Crippen molar-refractivity contribution in [2.24, 2.45) is 0 Å². The number of nitrogens with one attached hydrogen (secondary N) is 2. The monoisotopic (exact) mass is 342 g/mol. The first-order valence-electron chi connectivity index (χ1n) is 7.25. The molecule has 0 saturated heterocycles. The summed E-state index contributed by atoms with van der Waals surface area (Å²) in [7, 11) is 0. The van der Waals surface area contributed by atoms with E-state index in [0.29, 0.717) is 13.0 Å². The molecule has 0 aliphatic rings. The third kappa shape index (κ3) is 5.31. The lowest BCUT2D eigenvalue weighted by Crippen LogP contribution is -2.38.